The van der Waals surface area contributed by atoms with Gasteiger partial charge < -0.3 is 0 Å². The summed E-state index contributed by atoms with van der Waals surface area (Å²) in [6.45, 7) is 3.73. The van der Waals surface area contributed by atoms with E-state index in [4.69, 9.17) is 0 Å². The van der Waals surface area contributed by atoms with Crippen LogP contribution in [0.15, 0.2) is 22.7 Å². The number of aryl methyl sites for hydroxylation is 1. The van der Waals surface area contributed by atoms with E-state index in [0.29, 0.717) is 6.42 Å². The summed E-state index contributed by atoms with van der Waals surface area (Å²) >= 11 is 3.46. The minimum Gasteiger partial charge on any atom is -0.300 e. The van der Waals surface area contributed by atoms with Crippen LogP contribution in [0.4, 0.5) is 0 Å². The first kappa shape index (κ1) is 10.5. The molecule has 0 spiro atoms. The molecule has 0 aliphatic carbocycles. The monoisotopic (exact) mass is 240 g/mol. The lowest BCUT2D eigenvalue weighted by Gasteiger charge is -2.03. The first-order valence-corrected chi connectivity index (χ1v) is 5.19. The van der Waals surface area contributed by atoms with E-state index in [-0.39, 0.29) is 5.78 Å². The normalized spacial score (nSPS) is 10.1. The molecular weight excluding hydrogens is 228 g/mol. The summed E-state index contributed by atoms with van der Waals surface area (Å²) in [5.74, 6) is 0.199. The molecule has 13 heavy (non-hydrogen) atoms. The minimum atomic E-state index is 0.199. The van der Waals surface area contributed by atoms with E-state index in [2.05, 4.69) is 35.0 Å². The summed E-state index contributed by atoms with van der Waals surface area (Å²) < 4.78 is 1.04. The highest BCUT2D eigenvalue weighted by molar-refractivity contribution is 9.10. The van der Waals surface area contributed by atoms with Gasteiger partial charge in [0.25, 0.3) is 0 Å². The fourth-order valence-electron chi connectivity index (χ4n) is 1.22. The predicted molar refractivity (Wildman–Crippen MR) is 57.9 cm³/mol. The van der Waals surface area contributed by atoms with Crippen molar-refractivity contribution in [1.82, 2.24) is 0 Å². The van der Waals surface area contributed by atoms with Gasteiger partial charge in [-0.15, -0.1) is 0 Å². The van der Waals surface area contributed by atoms with Gasteiger partial charge >= 0.3 is 0 Å². The molecule has 1 aromatic rings. The maximum absolute atomic E-state index is 10.9. The van der Waals surface area contributed by atoms with Gasteiger partial charge in [-0.05, 0) is 30.5 Å². The fraction of sp³-hybridized carbons (Fsp3) is 0.364. The maximum Gasteiger partial charge on any atom is 0.134 e. The Morgan fingerprint density at radius 1 is 1.46 bits per heavy atom. The fourth-order valence-corrected chi connectivity index (χ4v) is 1.79. The molecule has 0 aromatic heterocycles. The van der Waals surface area contributed by atoms with Crippen molar-refractivity contribution in [2.45, 2.75) is 26.7 Å². The molecule has 0 amide bonds. The van der Waals surface area contributed by atoms with E-state index >= 15 is 0 Å². The van der Waals surface area contributed by atoms with Crippen molar-refractivity contribution in [2.75, 3.05) is 0 Å². The van der Waals surface area contributed by atoms with Crippen molar-refractivity contribution in [3.8, 4) is 0 Å². The summed E-state index contributed by atoms with van der Waals surface area (Å²) in [4.78, 5) is 10.9. The highest BCUT2D eigenvalue weighted by Crippen LogP contribution is 2.19. The molecular formula is C11H13BrO. The number of carbonyl (C=O) groups is 1. The van der Waals surface area contributed by atoms with Crippen LogP contribution in [0, 0.1) is 0 Å². The zero-order chi connectivity index (χ0) is 9.84. The Morgan fingerprint density at radius 3 is 2.62 bits per heavy atom. The first-order chi connectivity index (χ1) is 6.13. The summed E-state index contributed by atoms with van der Waals surface area (Å²) in [6.07, 6.45) is 1.55. The molecule has 0 heterocycles. The molecule has 2 heteroatoms. The van der Waals surface area contributed by atoms with E-state index in [1.807, 2.05) is 6.07 Å². The van der Waals surface area contributed by atoms with Gasteiger partial charge in [0.15, 0.2) is 0 Å². The summed E-state index contributed by atoms with van der Waals surface area (Å²) in [7, 11) is 0. The first-order valence-electron chi connectivity index (χ1n) is 4.40. The Hall–Kier alpha value is -0.630. The molecule has 0 aliphatic rings. The third kappa shape index (κ3) is 2.96. The third-order valence-electron chi connectivity index (χ3n) is 1.97. The number of benzene rings is 1. The van der Waals surface area contributed by atoms with Crippen molar-refractivity contribution >= 4 is 21.7 Å². The second-order valence-electron chi connectivity index (χ2n) is 3.16. The lowest BCUT2D eigenvalue weighted by molar-refractivity contribution is -0.116. The van der Waals surface area contributed by atoms with Gasteiger partial charge in [0.1, 0.15) is 5.78 Å². The SMILES string of the molecule is CCc1ccc(CC(C)=O)c(Br)c1. The van der Waals surface area contributed by atoms with Crippen LogP contribution in [0.1, 0.15) is 25.0 Å². The second-order valence-corrected chi connectivity index (χ2v) is 4.01. The molecule has 1 nitrogen and oxygen atoms in total. The highest BCUT2D eigenvalue weighted by atomic mass is 79.9. The van der Waals surface area contributed by atoms with Crippen LogP contribution < -0.4 is 0 Å². The van der Waals surface area contributed by atoms with Crippen molar-refractivity contribution in [3.05, 3.63) is 33.8 Å². The van der Waals surface area contributed by atoms with E-state index < -0.39 is 0 Å². The van der Waals surface area contributed by atoms with Crippen LogP contribution >= 0.6 is 15.9 Å². The number of hydrogen-bond donors (Lipinski definition) is 0. The zero-order valence-electron chi connectivity index (χ0n) is 7.93. The molecule has 0 bridgehead atoms. The lowest BCUT2D eigenvalue weighted by Crippen LogP contribution is -1.97. The van der Waals surface area contributed by atoms with E-state index in [9.17, 15) is 4.79 Å². The van der Waals surface area contributed by atoms with Gasteiger partial charge in [-0.1, -0.05) is 35.0 Å². The standard InChI is InChI=1S/C11H13BrO/c1-3-9-4-5-10(6-8(2)13)11(12)7-9/h4-5,7H,3,6H2,1-2H3. The van der Waals surface area contributed by atoms with Crippen LogP contribution in [-0.2, 0) is 17.6 Å². The van der Waals surface area contributed by atoms with Gasteiger partial charge in [-0.2, -0.15) is 0 Å². The van der Waals surface area contributed by atoms with Crippen LogP contribution in [0.3, 0.4) is 0 Å². The molecule has 0 saturated heterocycles. The molecule has 0 radical (unpaired) electrons. The lowest BCUT2D eigenvalue weighted by atomic mass is 10.1. The highest BCUT2D eigenvalue weighted by Gasteiger charge is 2.02. The van der Waals surface area contributed by atoms with Crippen LogP contribution in [0.25, 0.3) is 0 Å². The Morgan fingerprint density at radius 2 is 2.15 bits per heavy atom. The van der Waals surface area contributed by atoms with Gasteiger partial charge in [-0.25, -0.2) is 0 Å². The Kier molecular flexibility index (Phi) is 3.67. The smallest absolute Gasteiger partial charge is 0.134 e. The van der Waals surface area contributed by atoms with Crippen LogP contribution in [0.2, 0.25) is 0 Å². The molecule has 1 aromatic carbocycles. The molecule has 0 N–H and O–H groups in total. The third-order valence-corrected chi connectivity index (χ3v) is 2.70. The average molecular weight is 241 g/mol. The number of carbonyl (C=O) groups excluding carboxylic acids is 1. The largest absolute Gasteiger partial charge is 0.300 e. The number of Topliss-reactive ketones (excluding diaryl/α,β-unsaturated/α-hetero) is 1. The molecule has 70 valence electrons. The zero-order valence-corrected chi connectivity index (χ0v) is 9.52. The summed E-state index contributed by atoms with van der Waals surface area (Å²) in [6, 6.07) is 6.17. The van der Waals surface area contributed by atoms with Crippen LogP contribution in [0.5, 0.6) is 0 Å². The van der Waals surface area contributed by atoms with Crippen molar-refractivity contribution in [2.24, 2.45) is 0 Å². The van der Waals surface area contributed by atoms with Gasteiger partial charge in [0, 0.05) is 10.9 Å². The molecule has 1 rings (SSSR count). The van der Waals surface area contributed by atoms with Gasteiger partial charge in [0.2, 0.25) is 0 Å². The molecule has 0 saturated carbocycles. The summed E-state index contributed by atoms with van der Waals surface area (Å²) in [5, 5.41) is 0. The molecule has 0 unspecified atom stereocenters. The quantitative estimate of drug-likeness (QED) is 0.794. The average Bonchev–Trinajstić information content (AvgIpc) is 2.08. The van der Waals surface area contributed by atoms with E-state index in [1.54, 1.807) is 6.92 Å². The number of rotatable bonds is 3. The van der Waals surface area contributed by atoms with Crippen molar-refractivity contribution in [3.63, 3.8) is 0 Å². The number of ketones is 1. The molecule has 0 atom stereocenters. The van der Waals surface area contributed by atoms with Gasteiger partial charge in [-0.3, -0.25) is 4.79 Å². The topological polar surface area (TPSA) is 17.1 Å². The molecule has 0 aliphatic heterocycles. The minimum absolute atomic E-state index is 0.199. The van der Waals surface area contributed by atoms with E-state index in [0.717, 1.165) is 16.5 Å². The maximum atomic E-state index is 10.9. The van der Waals surface area contributed by atoms with Crippen molar-refractivity contribution < 1.29 is 4.79 Å². The van der Waals surface area contributed by atoms with Gasteiger partial charge in [0.05, 0.1) is 0 Å². The number of halogens is 1. The summed E-state index contributed by atoms with van der Waals surface area (Å²) in [5.41, 5.74) is 2.36. The Bertz CT molecular complexity index is 318. The Balaban J connectivity index is 2.91. The predicted octanol–water partition coefficient (Wildman–Crippen LogP) is 3.14. The van der Waals surface area contributed by atoms with E-state index in [1.165, 1.54) is 5.56 Å². The van der Waals surface area contributed by atoms with Crippen molar-refractivity contribution in [1.29, 1.82) is 0 Å². The molecule has 0 fully saturated rings. The second kappa shape index (κ2) is 4.56. The Labute approximate surface area is 87.3 Å². The van der Waals surface area contributed by atoms with Crippen LogP contribution in [-0.4, -0.2) is 5.78 Å². The number of hydrogen-bond acceptors (Lipinski definition) is 1.